The molecule has 2 rings (SSSR count). The molecule has 0 bridgehead atoms. The second kappa shape index (κ2) is 4.45. The molecule has 1 aromatic heterocycles. The Morgan fingerprint density at radius 3 is 2.72 bits per heavy atom. The molecule has 0 aliphatic heterocycles. The van der Waals surface area contributed by atoms with E-state index in [4.69, 9.17) is 5.73 Å². The number of hydrogen-bond acceptors (Lipinski definition) is 6. The molecule has 1 heterocycles. The van der Waals surface area contributed by atoms with E-state index in [2.05, 4.69) is 14.7 Å². The molecule has 0 fully saturated rings. The molecule has 0 amide bonds. The quantitative estimate of drug-likeness (QED) is 0.656. The Morgan fingerprint density at radius 1 is 1.44 bits per heavy atom. The van der Waals surface area contributed by atoms with E-state index in [1.165, 1.54) is 0 Å². The van der Waals surface area contributed by atoms with E-state index >= 15 is 0 Å². The average molecular weight is 256 g/mol. The van der Waals surface area contributed by atoms with Crippen LogP contribution in [0.3, 0.4) is 0 Å². The van der Waals surface area contributed by atoms with E-state index in [0.29, 0.717) is 6.07 Å². The van der Waals surface area contributed by atoms with E-state index in [-0.39, 0.29) is 18.3 Å². The fraction of sp³-hybridized carbons (Fsp3) is 0.111. The number of nitrogens with zero attached hydrogens (tertiary/aromatic N) is 3. The molecule has 0 saturated carbocycles. The lowest BCUT2D eigenvalue weighted by atomic mass is 10.1. The van der Waals surface area contributed by atoms with Crippen molar-refractivity contribution in [3.8, 4) is 11.5 Å². The fourth-order valence-corrected chi connectivity index (χ4v) is 1.31. The molecule has 0 unspecified atom stereocenters. The maximum absolute atomic E-state index is 13.7. The molecule has 0 aliphatic carbocycles. The predicted octanol–water partition coefficient (Wildman–Crippen LogP) is 1.38. The van der Waals surface area contributed by atoms with Gasteiger partial charge in [0.15, 0.2) is 5.82 Å². The van der Waals surface area contributed by atoms with Crippen LogP contribution in [0.15, 0.2) is 16.7 Å². The van der Waals surface area contributed by atoms with Crippen LogP contribution in [0, 0.1) is 21.7 Å². The molecule has 0 radical (unpaired) electrons. The molecule has 94 valence electrons. The van der Waals surface area contributed by atoms with Crippen molar-refractivity contribution in [2.45, 2.75) is 6.54 Å². The lowest BCUT2D eigenvalue weighted by Gasteiger charge is -1.99. The average Bonchev–Trinajstić information content (AvgIpc) is 2.79. The largest absolute Gasteiger partial charge is 0.334 e. The Labute approximate surface area is 98.4 Å². The van der Waals surface area contributed by atoms with Crippen molar-refractivity contribution in [1.82, 2.24) is 10.1 Å². The Morgan fingerprint density at radius 2 is 2.17 bits per heavy atom. The van der Waals surface area contributed by atoms with Gasteiger partial charge in [0.25, 0.3) is 5.89 Å². The van der Waals surface area contributed by atoms with Crippen LogP contribution in [0.1, 0.15) is 5.82 Å². The van der Waals surface area contributed by atoms with E-state index in [9.17, 15) is 18.9 Å². The lowest BCUT2D eigenvalue weighted by molar-refractivity contribution is -0.387. The van der Waals surface area contributed by atoms with Crippen LogP contribution >= 0.6 is 0 Å². The number of aromatic nitrogens is 2. The van der Waals surface area contributed by atoms with Gasteiger partial charge >= 0.3 is 5.69 Å². The minimum atomic E-state index is -1.24. The topological polar surface area (TPSA) is 108 Å². The lowest BCUT2D eigenvalue weighted by Crippen LogP contribution is -1.99. The molecular formula is C9H6F2N4O3. The second-order valence-electron chi connectivity index (χ2n) is 3.26. The Bertz CT molecular complexity index is 614. The van der Waals surface area contributed by atoms with Gasteiger partial charge in [-0.1, -0.05) is 5.16 Å². The first-order valence-electron chi connectivity index (χ1n) is 4.69. The van der Waals surface area contributed by atoms with Crippen molar-refractivity contribution in [2.24, 2.45) is 5.73 Å². The summed E-state index contributed by atoms with van der Waals surface area (Å²) in [5.74, 6) is -2.51. The molecule has 2 N–H and O–H groups in total. The highest BCUT2D eigenvalue weighted by Gasteiger charge is 2.24. The minimum absolute atomic E-state index is 0.0530. The highest BCUT2D eigenvalue weighted by Crippen LogP contribution is 2.29. The van der Waals surface area contributed by atoms with Crippen LogP contribution in [-0.2, 0) is 6.54 Å². The molecule has 1 aromatic carbocycles. The maximum Gasteiger partial charge on any atom is 0.308 e. The van der Waals surface area contributed by atoms with Gasteiger partial charge in [-0.05, 0) is 6.07 Å². The second-order valence-corrected chi connectivity index (χ2v) is 3.26. The summed E-state index contributed by atoms with van der Waals surface area (Å²) in [7, 11) is 0. The van der Waals surface area contributed by atoms with E-state index < -0.39 is 27.8 Å². The summed E-state index contributed by atoms with van der Waals surface area (Å²) in [5.41, 5.74) is 3.75. The van der Waals surface area contributed by atoms with Crippen LogP contribution in [0.4, 0.5) is 14.5 Å². The predicted molar refractivity (Wildman–Crippen MR) is 54.2 cm³/mol. The van der Waals surface area contributed by atoms with Crippen LogP contribution in [-0.4, -0.2) is 15.1 Å². The molecule has 0 atom stereocenters. The molecule has 0 saturated heterocycles. The van der Waals surface area contributed by atoms with Crippen LogP contribution in [0.2, 0.25) is 0 Å². The van der Waals surface area contributed by atoms with E-state index in [0.717, 1.165) is 6.07 Å². The Kier molecular flexibility index (Phi) is 2.98. The normalized spacial score (nSPS) is 10.6. The zero-order valence-electron chi connectivity index (χ0n) is 8.76. The highest BCUT2D eigenvalue weighted by molar-refractivity contribution is 5.59. The summed E-state index contributed by atoms with van der Waals surface area (Å²) >= 11 is 0. The zero-order chi connectivity index (χ0) is 13.3. The van der Waals surface area contributed by atoms with Gasteiger partial charge in [0, 0.05) is 0 Å². The SMILES string of the molecule is NCc1noc(-c2cc(F)cc([N+](=O)[O-])c2F)n1. The van der Waals surface area contributed by atoms with Gasteiger partial charge in [-0.25, -0.2) is 4.39 Å². The van der Waals surface area contributed by atoms with Gasteiger partial charge in [-0.2, -0.15) is 9.37 Å². The number of rotatable bonds is 3. The highest BCUT2D eigenvalue weighted by atomic mass is 19.1. The molecular weight excluding hydrogens is 250 g/mol. The smallest absolute Gasteiger partial charge is 0.308 e. The Balaban J connectivity index is 2.60. The van der Waals surface area contributed by atoms with E-state index in [1.807, 2.05) is 0 Å². The number of hydrogen-bond donors (Lipinski definition) is 1. The summed E-state index contributed by atoms with van der Waals surface area (Å²) in [4.78, 5) is 13.2. The molecule has 0 aliphatic rings. The number of benzene rings is 1. The van der Waals surface area contributed by atoms with Crippen LogP contribution in [0.5, 0.6) is 0 Å². The van der Waals surface area contributed by atoms with Crippen molar-refractivity contribution in [1.29, 1.82) is 0 Å². The van der Waals surface area contributed by atoms with Gasteiger partial charge in [0.2, 0.25) is 5.82 Å². The summed E-state index contributed by atoms with van der Waals surface area (Å²) in [6, 6.07) is 1.20. The summed E-state index contributed by atoms with van der Waals surface area (Å²) in [6.07, 6.45) is 0. The van der Waals surface area contributed by atoms with Crippen molar-refractivity contribution in [3.63, 3.8) is 0 Å². The van der Waals surface area contributed by atoms with E-state index in [1.54, 1.807) is 0 Å². The number of nitrogens with two attached hydrogens (primary N) is 1. The summed E-state index contributed by atoms with van der Waals surface area (Å²) in [5, 5.41) is 13.9. The fourth-order valence-electron chi connectivity index (χ4n) is 1.31. The molecule has 18 heavy (non-hydrogen) atoms. The summed E-state index contributed by atoms with van der Waals surface area (Å²) < 4.78 is 31.5. The van der Waals surface area contributed by atoms with Gasteiger partial charge in [0.1, 0.15) is 5.82 Å². The van der Waals surface area contributed by atoms with Crippen molar-refractivity contribution in [2.75, 3.05) is 0 Å². The third kappa shape index (κ3) is 2.02. The van der Waals surface area contributed by atoms with Crippen molar-refractivity contribution >= 4 is 5.69 Å². The first kappa shape index (κ1) is 12.0. The van der Waals surface area contributed by atoms with Crippen molar-refractivity contribution in [3.05, 3.63) is 39.7 Å². The monoisotopic (exact) mass is 256 g/mol. The third-order valence-electron chi connectivity index (χ3n) is 2.10. The third-order valence-corrected chi connectivity index (χ3v) is 2.10. The van der Waals surface area contributed by atoms with Gasteiger partial charge < -0.3 is 10.3 Å². The van der Waals surface area contributed by atoms with Crippen LogP contribution in [0.25, 0.3) is 11.5 Å². The minimum Gasteiger partial charge on any atom is -0.334 e. The standard InChI is InChI=1S/C9H6F2N4O3/c10-4-1-5(8(11)6(2-4)15(16)17)9-13-7(3-12)14-18-9/h1-2H,3,12H2. The van der Waals surface area contributed by atoms with Gasteiger partial charge in [-0.15, -0.1) is 0 Å². The summed E-state index contributed by atoms with van der Waals surface area (Å²) in [6.45, 7) is -0.0530. The number of halogens is 2. The Hall–Kier alpha value is -2.42. The van der Waals surface area contributed by atoms with Gasteiger partial charge in [0.05, 0.1) is 23.1 Å². The zero-order valence-corrected chi connectivity index (χ0v) is 8.76. The molecule has 9 heteroatoms. The first-order chi connectivity index (χ1) is 8.52. The first-order valence-corrected chi connectivity index (χ1v) is 4.69. The maximum atomic E-state index is 13.7. The number of nitro groups is 1. The van der Waals surface area contributed by atoms with Gasteiger partial charge in [-0.3, -0.25) is 10.1 Å². The number of nitro benzene ring substituents is 1. The molecule has 0 spiro atoms. The van der Waals surface area contributed by atoms with Crippen LogP contribution < -0.4 is 5.73 Å². The molecule has 7 nitrogen and oxygen atoms in total. The van der Waals surface area contributed by atoms with Crippen molar-refractivity contribution < 1.29 is 18.2 Å². The molecule has 2 aromatic rings.